The summed E-state index contributed by atoms with van der Waals surface area (Å²) in [5, 5.41) is 1.45. The van der Waals surface area contributed by atoms with E-state index in [1.807, 2.05) is 0 Å². The summed E-state index contributed by atoms with van der Waals surface area (Å²) in [6.07, 6.45) is 0. The van der Waals surface area contributed by atoms with Crippen molar-refractivity contribution in [1.29, 1.82) is 0 Å². The maximum absolute atomic E-state index is 8.50. The van der Waals surface area contributed by atoms with Crippen molar-refractivity contribution in [1.82, 2.24) is 4.98 Å². The molecule has 0 unspecified atom stereocenters. The molecule has 0 spiro atoms. The van der Waals surface area contributed by atoms with Gasteiger partial charge < -0.3 is 9.40 Å². The second kappa shape index (κ2) is 3.80. The van der Waals surface area contributed by atoms with E-state index in [1.54, 1.807) is 0 Å². The highest BCUT2D eigenvalue weighted by molar-refractivity contribution is 6.32. The number of benzene rings is 3. The molecule has 0 radical (unpaired) electrons. The molecular formula is C18H10ClNO. The van der Waals surface area contributed by atoms with Gasteiger partial charge in [0.15, 0.2) is 5.58 Å². The number of H-pyrrole nitrogens is 1. The summed E-state index contributed by atoms with van der Waals surface area (Å²) in [4.78, 5) is 3.05. The van der Waals surface area contributed by atoms with E-state index in [0.717, 1.165) is 0 Å². The van der Waals surface area contributed by atoms with Crippen molar-refractivity contribution in [3.8, 4) is 0 Å². The topological polar surface area (TPSA) is 28.9 Å². The van der Waals surface area contributed by atoms with Crippen LogP contribution in [0.4, 0.5) is 0 Å². The maximum Gasteiger partial charge on any atom is 0.159 e. The average Bonchev–Trinajstić information content (AvgIpc) is 3.17. The van der Waals surface area contributed by atoms with E-state index >= 15 is 0 Å². The first-order valence-electron chi connectivity index (χ1n) is 9.33. The lowest BCUT2D eigenvalue weighted by Crippen LogP contribution is -1.69. The van der Waals surface area contributed by atoms with E-state index in [-0.39, 0.29) is 52.4 Å². The van der Waals surface area contributed by atoms with Gasteiger partial charge in [0.25, 0.3) is 0 Å². The van der Waals surface area contributed by atoms with Gasteiger partial charge in [0.2, 0.25) is 0 Å². The van der Waals surface area contributed by atoms with Crippen LogP contribution in [-0.4, -0.2) is 4.98 Å². The molecule has 100 valence electrons. The van der Waals surface area contributed by atoms with E-state index in [1.165, 1.54) is 18.2 Å². The molecule has 0 saturated heterocycles. The fourth-order valence-electron chi connectivity index (χ4n) is 2.67. The number of hydrogen-bond donors (Lipinski definition) is 1. The quantitative estimate of drug-likeness (QED) is 0.380. The number of aromatic nitrogens is 1. The Morgan fingerprint density at radius 3 is 2.86 bits per heavy atom. The summed E-state index contributed by atoms with van der Waals surface area (Å²) in [7, 11) is 0. The van der Waals surface area contributed by atoms with Crippen LogP contribution in [0.1, 0.15) is 8.22 Å². The molecule has 0 saturated carbocycles. The van der Waals surface area contributed by atoms with Crippen molar-refractivity contribution in [2.45, 2.75) is 0 Å². The van der Waals surface area contributed by atoms with Crippen molar-refractivity contribution in [2.24, 2.45) is 0 Å². The zero-order chi connectivity index (χ0) is 19.2. The molecule has 1 N–H and O–H groups in total. The van der Waals surface area contributed by atoms with Crippen LogP contribution in [0.3, 0.4) is 0 Å². The van der Waals surface area contributed by atoms with E-state index in [9.17, 15) is 0 Å². The number of halogens is 1. The summed E-state index contributed by atoms with van der Waals surface area (Å²) in [5.41, 5.74) is 1.22. The Balaban J connectivity index is 2.15. The second-order valence-electron chi connectivity index (χ2n) is 4.79. The van der Waals surface area contributed by atoms with E-state index < -0.39 is 0 Å². The van der Waals surface area contributed by atoms with Crippen LogP contribution in [-0.2, 0) is 0 Å². The van der Waals surface area contributed by atoms with Gasteiger partial charge in [0, 0.05) is 32.1 Å². The fraction of sp³-hybridized carbons (Fsp3) is 0. The maximum atomic E-state index is 8.50. The predicted octanol–water partition coefficient (Wildman–Crippen LogP) is 5.87. The van der Waals surface area contributed by atoms with Crippen molar-refractivity contribution >= 4 is 55.3 Å². The number of rotatable bonds is 0. The Morgan fingerprint density at radius 1 is 1.00 bits per heavy atom. The minimum Gasteiger partial charge on any atom is -0.454 e. The van der Waals surface area contributed by atoms with Crippen molar-refractivity contribution < 1.29 is 12.6 Å². The first-order chi connectivity index (χ1) is 12.8. The molecule has 0 atom stereocenters. The molecule has 0 bridgehead atoms. The summed E-state index contributed by atoms with van der Waals surface area (Å²) < 4.78 is 55.2. The first-order valence-corrected chi connectivity index (χ1v) is 6.71. The zero-order valence-electron chi connectivity index (χ0n) is 16.5. The van der Waals surface area contributed by atoms with Gasteiger partial charge >= 0.3 is 0 Å². The third-order valence-corrected chi connectivity index (χ3v) is 3.79. The lowest BCUT2D eigenvalue weighted by atomic mass is 10.1. The highest BCUT2D eigenvalue weighted by atomic mass is 35.5. The summed E-state index contributed by atoms with van der Waals surface area (Å²) in [6, 6.07) is 4.17. The van der Waals surface area contributed by atoms with Gasteiger partial charge in [-0.2, -0.15) is 0 Å². The molecule has 2 aromatic heterocycles. The molecule has 0 fully saturated rings. The first kappa shape index (κ1) is 7.01. The fourth-order valence-corrected chi connectivity index (χ4v) is 2.81. The highest BCUT2D eigenvalue weighted by Crippen LogP contribution is 2.36. The number of para-hydroxylation sites is 1. The zero-order valence-corrected chi connectivity index (χ0v) is 11.3. The van der Waals surface area contributed by atoms with E-state index in [2.05, 4.69) is 4.98 Å². The monoisotopic (exact) mass is 297 g/mol. The molecule has 0 aliphatic rings. The Kier molecular flexibility index (Phi) is 1.27. The molecule has 5 aromatic rings. The predicted molar refractivity (Wildman–Crippen MR) is 88.1 cm³/mol. The minimum atomic E-state index is -0.122. The number of hydrogen-bond acceptors (Lipinski definition) is 1. The Morgan fingerprint density at radius 2 is 1.90 bits per heavy atom. The molecular weight excluding hydrogens is 282 g/mol. The highest BCUT2D eigenvalue weighted by Gasteiger charge is 2.13. The second-order valence-corrected chi connectivity index (χ2v) is 5.19. The molecule has 0 aliphatic heterocycles. The van der Waals surface area contributed by atoms with Gasteiger partial charge in [-0.05, 0) is 30.2 Å². The van der Waals surface area contributed by atoms with Gasteiger partial charge in [-0.3, -0.25) is 0 Å². The third-order valence-electron chi connectivity index (χ3n) is 3.59. The summed E-state index contributed by atoms with van der Waals surface area (Å²) >= 11 is 6.06. The van der Waals surface area contributed by atoms with Gasteiger partial charge in [0.05, 0.1) is 13.7 Å². The van der Waals surface area contributed by atoms with Gasteiger partial charge in [-0.15, -0.1) is 0 Å². The van der Waals surface area contributed by atoms with Crippen LogP contribution in [0.2, 0.25) is 5.02 Å². The van der Waals surface area contributed by atoms with Crippen LogP contribution in [0, 0.1) is 0 Å². The third kappa shape index (κ3) is 1.43. The molecule has 2 nitrogen and oxygen atoms in total. The van der Waals surface area contributed by atoms with Gasteiger partial charge in [0.1, 0.15) is 5.58 Å². The molecule has 0 amide bonds. The van der Waals surface area contributed by atoms with Crippen molar-refractivity contribution in [3.63, 3.8) is 0 Å². The number of fused-ring (bicyclic) bond motifs is 7. The molecule has 21 heavy (non-hydrogen) atoms. The summed E-state index contributed by atoms with van der Waals surface area (Å²) in [5.74, 6) is 0. The van der Waals surface area contributed by atoms with Gasteiger partial charge in [-0.25, -0.2) is 0 Å². The van der Waals surface area contributed by atoms with Crippen molar-refractivity contribution in [3.05, 3.63) is 59.5 Å². The normalized spacial score (nSPS) is 16.0. The molecule has 5 rings (SSSR count). The minimum absolute atomic E-state index is 0.0214. The van der Waals surface area contributed by atoms with Crippen LogP contribution in [0.5, 0.6) is 0 Å². The Hall–Kier alpha value is -2.45. The van der Waals surface area contributed by atoms with Crippen LogP contribution in [0.25, 0.3) is 43.7 Å². The number of aromatic amines is 1. The smallest absolute Gasteiger partial charge is 0.159 e. The van der Waals surface area contributed by atoms with Crippen molar-refractivity contribution in [2.75, 3.05) is 0 Å². The lowest BCUT2D eigenvalue weighted by molar-refractivity contribution is 0.672. The molecule has 2 heterocycles. The SMILES string of the molecule is [2H]c1cc([2H])c2oc3c4[nH]c5c([2H])cc(Cl)c([2H])c5c4c([2H])c([2H])c3c2c1. The number of furan rings is 1. The largest absolute Gasteiger partial charge is 0.454 e. The molecule has 3 aromatic carbocycles. The van der Waals surface area contributed by atoms with Crippen LogP contribution >= 0.6 is 11.6 Å². The van der Waals surface area contributed by atoms with Gasteiger partial charge in [-0.1, -0.05) is 35.8 Å². The summed E-state index contributed by atoms with van der Waals surface area (Å²) in [6.45, 7) is 0. The van der Waals surface area contributed by atoms with Crippen LogP contribution < -0.4 is 0 Å². The average molecular weight is 298 g/mol. The molecule has 0 aliphatic carbocycles. The molecule has 3 heteroatoms. The standard InChI is InChI=1S/C18H10ClNO/c19-10-5-8-15-14(9-10)12-6-7-13-11-3-1-2-4-16(11)21-18(13)17(12)20-15/h1-9,20H/i1D,4D,6D,7D,8D,9D. The Labute approximate surface area is 133 Å². The Bertz CT molecular complexity index is 1450. The van der Waals surface area contributed by atoms with E-state index in [0.29, 0.717) is 32.6 Å². The number of nitrogens with one attached hydrogen (secondary N) is 1. The van der Waals surface area contributed by atoms with E-state index in [4.69, 9.17) is 24.2 Å². The lowest BCUT2D eigenvalue weighted by Gasteiger charge is -1.93. The van der Waals surface area contributed by atoms with Crippen LogP contribution in [0.15, 0.2) is 58.9 Å².